The van der Waals surface area contributed by atoms with Gasteiger partial charge in [-0.3, -0.25) is 4.79 Å². The van der Waals surface area contributed by atoms with E-state index < -0.39 is 0 Å². The molecule has 2 unspecified atom stereocenters. The second-order valence-electron chi connectivity index (χ2n) is 10.1. The second-order valence-corrected chi connectivity index (χ2v) is 11.0. The van der Waals surface area contributed by atoms with Crippen LogP contribution in [0.15, 0.2) is 82.8 Å². The van der Waals surface area contributed by atoms with E-state index in [2.05, 4.69) is 84.0 Å². The fourth-order valence-corrected chi connectivity index (χ4v) is 5.64. The summed E-state index contributed by atoms with van der Waals surface area (Å²) in [6, 6.07) is 8.18. The average Bonchev–Trinajstić information content (AvgIpc) is 3.33. The molecule has 0 radical (unpaired) electrons. The third kappa shape index (κ3) is 5.15. The molecule has 0 spiro atoms. The molecule has 1 saturated carbocycles. The van der Waals surface area contributed by atoms with E-state index >= 15 is 0 Å². The molecule has 0 bridgehead atoms. The molecular weight excluding hydrogens is 466 g/mol. The van der Waals surface area contributed by atoms with Crippen LogP contribution in [0.3, 0.4) is 0 Å². The Balaban J connectivity index is 1.36. The number of amides is 1. The van der Waals surface area contributed by atoms with E-state index in [0.29, 0.717) is 0 Å². The molecule has 0 aromatic heterocycles. The van der Waals surface area contributed by atoms with Crippen molar-refractivity contribution in [1.82, 2.24) is 15.1 Å². The molecule has 3 aliphatic heterocycles. The third-order valence-electron chi connectivity index (χ3n) is 7.65. The van der Waals surface area contributed by atoms with Crippen molar-refractivity contribution in [2.45, 2.75) is 56.0 Å². The van der Waals surface area contributed by atoms with Crippen molar-refractivity contribution in [3.05, 3.63) is 83.4 Å². The number of nitrogens with zero attached hydrogens (tertiary/aromatic N) is 2. The first-order valence-electron chi connectivity index (χ1n) is 13.2. The molecule has 1 fully saturated rings. The van der Waals surface area contributed by atoms with Crippen LogP contribution in [0.5, 0.6) is 0 Å². The maximum Gasteiger partial charge on any atom is 0.249 e. The van der Waals surface area contributed by atoms with E-state index in [0.717, 1.165) is 60.1 Å². The van der Waals surface area contributed by atoms with Gasteiger partial charge in [0.15, 0.2) is 0 Å². The van der Waals surface area contributed by atoms with Gasteiger partial charge in [-0.15, -0.1) is 11.8 Å². The van der Waals surface area contributed by atoms with Gasteiger partial charge in [-0.05, 0) is 73.2 Å². The average molecular weight is 504 g/mol. The van der Waals surface area contributed by atoms with Gasteiger partial charge in [0.1, 0.15) is 23.6 Å². The second kappa shape index (κ2) is 11.0. The highest BCUT2D eigenvalue weighted by molar-refractivity contribution is 7.98. The number of carbonyl (C=O) groups excluding carboxylic acids is 1. The number of benzene rings is 1. The lowest BCUT2D eigenvalue weighted by molar-refractivity contribution is -0.132. The Morgan fingerprint density at radius 1 is 1.17 bits per heavy atom. The number of likely N-dealkylation sites (N-methyl/N-ethyl adjacent to an activating group) is 1. The molecule has 4 aliphatic rings. The van der Waals surface area contributed by atoms with Crippen LogP contribution < -0.4 is 5.32 Å². The molecule has 36 heavy (non-hydrogen) atoms. The van der Waals surface area contributed by atoms with E-state index in [1.54, 1.807) is 11.8 Å². The summed E-state index contributed by atoms with van der Waals surface area (Å²) in [6.45, 7) is 3.81. The Labute approximate surface area is 219 Å². The topological polar surface area (TPSA) is 44.8 Å². The molecule has 6 heteroatoms. The minimum atomic E-state index is -0.356. The highest BCUT2D eigenvalue weighted by atomic mass is 32.2. The van der Waals surface area contributed by atoms with Gasteiger partial charge >= 0.3 is 0 Å². The maximum atomic E-state index is 13.5. The number of allylic oxidation sites excluding steroid dienone is 4. The van der Waals surface area contributed by atoms with Crippen LogP contribution in [0.25, 0.3) is 5.76 Å². The Morgan fingerprint density at radius 2 is 1.97 bits per heavy atom. The largest absolute Gasteiger partial charge is 0.458 e. The van der Waals surface area contributed by atoms with Crippen molar-refractivity contribution in [3.63, 3.8) is 0 Å². The predicted molar refractivity (Wildman–Crippen MR) is 148 cm³/mol. The van der Waals surface area contributed by atoms with Crippen LogP contribution in [0.1, 0.15) is 44.6 Å². The molecule has 1 aromatic carbocycles. The lowest BCUT2D eigenvalue weighted by atomic mass is 9.83. The van der Waals surface area contributed by atoms with Crippen molar-refractivity contribution < 1.29 is 9.53 Å². The summed E-state index contributed by atoms with van der Waals surface area (Å²) >= 11 is 1.74. The summed E-state index contributed by atoms with van der Waals surface area (Å²) in [5, 5.41) is 3.30. The van der Waals surface area contributed by atoms with Gasteiger partial charge in [0.25, 0.3) is 0 Å². The van der Waals surface area contributed by atoms with Crippen LogP contribution in [0, 0.1) is 5.92 Å². The smallest absolute Gasteiger partial charge is 0.249 e. The highest BCUT2D eigenvalue weighted by Crippen LogP contribution is 2.39. The monoisotopic (exact) mass is 503 g/mol. The van der Waals surface area contributed by atoms with Crippen molar-refractivity contribution in [2.24, 2.45) is 5.92 Å². The molecule has 5 nitrogen and oxygen atoms in total. The SMILES string of the molecule is CCCN(CCC1CCC1)C(=O)C1C=C(C2=C3OC(c4ccc(SC)cc4)=CC3N(C)C=C2)C=CN1. The van der Waals surface area contributed by atoms with Crippen molar-refractivity contribution in [1.29, 1.82) is 0 Å². The Bertz CT molecular complexity index is 1130. The van der Waals surface area contributed by atoms with Crippen molar-refractivity contribution in [3.8, 4) is 0 Å². The van der Waals surface area contributed by atoms with Crippen molar-refractivity contribution >= 4 is 23.4 Å². The zero-order chi connectivity index (χ0) is 25.1. The van der Waals surface area contributed by atoms with E-state index in [9.17, 15) is 4.79 Å². The van der Waals surface area contributed by atoms with Gasteiger partial charge < -0.3 is 19.9 Å². The molecule has 190 valence electrons. The van der Waals surface area contributed by atoms with Crippen LogP contribution in [-0.2, 0) is 9.53 Å². The zero-order valence-electron chi connectivity index (χ0n) is 21.6. The fourth-order valence-electron chi connectivity index (χ4n) is 5.23. The summed E-state index contributed by atoms with van der Waals surface area (Å²) in [7, 11) is 2.07. The number of rotatable bonds is 9. The lowest BCUT2D eigenvalue weighted by Gasteiger charge is -2.32. The zero-order valence-corrected chi connectivity index (χ0v) is 22.4. The van der Waals surface area contributed by atoms with Crippen LogP contribution >= 0.6 is 11.8 Å². The number of carbonyl (C=O) groups is 1. The molecule has 5 rings (SSSR count). The van der Waals surface area contributed by atoms with Crippen molar-refractivity contribution in [2.75, 3.05) is 26.4 Å². The Hall–Kier alpha value is -2.86. The molecule has 1 aliphatic carbocycles. The van der Waals surface area contributed by atoms with E-state index in [1.807, 2.05) is 12.3 Å². The van der Waals surface area contributed by atoms with Crippen LogP contribution in [0.2, 0.25) is 0 Å². The maximum absolute atomic E-state index is 13.5. The quantitative estimate of drug-likeness (QED) is 0.438. The summed E-state index contributed by atoms with van der Waals surface area (Å²) < 4.78 is 6.48. The van der Waals surface area contributed by atoms with E-state index in [1.165, 1.54) is 24.2 Å². The molecule has 1 aromatic rings. The number of thioether (sulfide) groups is 1. The van der Waals surface area contributed by atoms with Gasteiger partial charge in [0, 0.05) is 42.4 Å². The highest BCUT2D eigenvalue weighted by Gasteiger charge is 2.33. The molecule has 1 N–H and O–H groups in total. The molecule has 0 saturated heterocycles. The Kier molecular flexibility index (Phi) is 7.61. The number of fused-ring (bicyclic) bond motifs is 1. The summed E-state index contributed by atoms with van der Waals surface area (Å²) in [5.74, 6) is 2.77. The standard InChI is InChI=1S/C30H37N3O2S/c1-4-16-33(18-13-21-6-5-7-21)30(34)26-19-23(12-15-31-26)25-14-17-32(2)27-20-28(35-29(25)27)22-8-10-24(36-3)11-9-22/h8-12,14-15,17,19-21,26-27,31H,4-7,13,16,18H2,1-3H3. The number of nitrogens with one attached hydrogen (secondary N) is 1. The predicted octanol–water partition coefficient (Wildman–Crippen LogP) is 5.70. The van der Waals surface area contributed by atoms with Gasteiger partial charge in [0.2, 0.25) is 5.91 Å². The fraction of sp³-hybridized carbons (Fsp3) is 0.433. The number of hydrogen-bond acceptors (Lipinski definition) is 5. The first-order chi connectivity index (χ1) is 17.6. The van der Waals surface area contributed by atoms with Gasteiger partial charge in [0.05, 0.1) is 0 Å². The summed E-state index contributed by atoms with van der Waals surface area (Å²) in [4.78, 5) is 19.0. The van der Waals surface area contributed by atoms with Gasteiger partial charge in [-0.2, -0.15) is 0 Å². The first-order valence-corrected chi connectivity index (χ1v) is 14.4. The number of ether oxygens (including phenoxy) is 1. The lowest BCUT2D eigenvalue weighted by Crippen LogP contribution is -2.46. The van der Waals surface area contributed by atoms with E-state index in [-0.39, 0.29) is 18.0 Å². The third-order valence-corrected chi connectivity index (χ3v) is 8.40. The summed E-state index contributed by atoms with van der Waals surface area (Å²) in [6.07, 6.45) is 20.6. The van der Waals surface area contributed by atoms with E-state index in [4.69, 9.17) is 4.74 Å². The normalized spacial score (nSPS) is 22.9. The molecular formula is C30H37N3O2S. The molecule has 3 heterocycles. The number of dihydropyridines is 1. The molecule has 1 amide bonds. The van der Waals surface area contributed by atoms with Crippen LogP contribution in [-0.4, -0.2) is 54.2 Å². The number of hydrogen-bond donors (Lipinski definition) is 1. The minimum Gasteiger partial charge on any atom is -0.458 e. The first kappa shape index (κ1) is 24.8. The van der Waals surface area contributed by atoms with Gasteiger partial charge in [-0.25, -0.2) is 0 Å². The minimum absolute atomic E-state index is 0.0395. The van der Waals surface area contributed by atoms with Gasteiger partial charge in [-0.1, -0.05) is 38.3 Å². The Morgan fingerprint density at radius 3 is 2.67 bits per heavy atom. The molecule has 2 atom stereocenters. The summed E-state index contributed by atoms with van der Waals surface area (Å²) in [5.41, 5.74) is 3.14. The van der Waals surface area contributed by atoms with Crippen LogP contribution in [0.4, 0.5) is 0 Å².